The second-order valence-electron chi connectivity index (χ2n) is 3.88. The summed E-state index contributed by atoms with van der Waals surface area (Å²) in [4.78, 5) is 27.8. The summed E-state index contributed by atoms with van der Waals surface area (Å²) in [5, 5.41) is 13.8. The number of hydrogen-bond acceptors (Lipinski definition) is 4. The van der Waals surface area contributed by atoms with E-state index in [1.54, 1.807) is 11.6 Å². The molecule has 2 heterocycles. The molecule has 1 aliphatic rings. The van der Waals surface area contributed by atoms with Crippen LogP contribution in [0.25, 0.3) is 0 Å². The third-order valence-electron chi connectivity index (χ3n) is 2.65. The second-order valence-corrected chi connectivity index (χ2v) is 4.77. The van der Waals surface area contributed by atoms with E-state index < -0.39 is 6.09 Å². The lowest BCUT2D eigenvalue weighted by Gasteiger charge is -2.30. The first-order valence-corrected chi connectivity index (χ1v) is 6.23. The van der Waals surface area contributed by atoms with Gasteiger partial charge in [0, 0.05) is 30.7 Å². The number of aromatic nitrogens is 1. The topological polar surface area (TPSA) is 82.5 Å². The van der Waals surface area contributed by atoms with Crippen LogP contribution in [-0.2, 0) is 0 Å². The molecule has 7 heteroatoms. The lowest BCUT2D eigenvalue weighted by Crippen LogP contribution is -2.49. The van der Waals surface area contributed by atoms with E-state index in [0.717, 1.165) is 12.8 Å². The molecule has 2 amide bonds. The van der Waals surface area contributed by atoms with Gasteiger partial charge in [0.1, 0.15) is 0 Å². The number of carbonyl (C=O) groups is 2. The molecule has 0 radical (unpaired) electrons. The minimum absolute atomic E-state index is 0.115. The number of likely N-dealkylation sites (tertiary alicyclic amines) is 1. The van der Waals surface area contributed by atoms with Crippen LogP contribution >= 0.6 is 11.3 Å². The SMILES string of the molecule is O=C(NC1CCCN(C(=O)O)C1)c1nccs1. The van der Waals surface area contributed by atoms with Crippen molar-refractivity contribution in [3.63, 3.8) is 0 Å². The van der Waals surface area contributed by atoms with Crippen molar-refractivity contribution in [2.45, 2.75) is 18.9 Å². The van der Waals surface area contributed by atoms with Gasteiger partial charge < -0.3 is 15.3 Å². The molecule has 1 atom stereocenters. The van der Waals surface area contributed by atoms with Crippen molar-refractivity contribution < 1.29 is 14.7 Å². The van der Waals surface area contributed by atoms with Gasteiger partial charge in [-0.25, -0.2) is 9.78 Å². The number of hydrogen-bond donors (Lipinski definition) is 2. The van der Waals surface area contributed by atoms with Crippen LogP contribution in [0.15, 0.2) is 11.6 Å². The van der Waals surface area contributed by atoms with Gasteiger partial charge in [-0.3, -0.25) is 4.79 Å². The quantitative estimate of drug-likeness (QED) is 0.826. The highest BCUT2D eigenvalue weighted by atomic mass is 32.1. The van der Waals surface area contributed by atoms with Gasteiger partial charge in [-0.15, -0.1) is 11.3 Å². The Labute approximate surface area is 102 Å². The number of nitrogens with zero attached hydrogens (tertiary/aromatic N) is 2. The summed E-state index contributed by atoms with van der Waals surface area (Å²) in [5.74, 6) is -0.225. The smallest absolute Gasteiger partial charge is 0.407 e. The predicted octanol–water partition coefficient (Wildman–Crippen LogP) is 1.02. The molecule has 0 spiro atoms. The number of thiazole rings is 1. The second kappa shape index (κ2) is 5.13. The summed E-state index contributed by atoms with van der Waals surface area (Å²) in [6.07, 6.45) is 2.22. The average Bonchev–Trinajstić information content (AvgIpc) is 2.82. The fourth-order valence-corrected chi connectivity index (χ4v) is 2.39. The molecular weight excluding hydrogens is 242 g/mol. The van der Waals surface area contributed by atoms with E-state index in [9.17, 15) is 9.59 Å². The van der Waals surface area contributed by atoms with Crippen molar-refractivity contribution in [2.75, 3.05) is 13.1 Å². The maximum atomic E-state index is 11.7. The van der Waals surface area contributed by atoms with E-state index in [-0.39, 0.29) is 11.9 Å². The van der Waals surface area contributed by atoms with Gasteiger partial charge >= 0.3 is 6.09 Å². The lowest BCUT2D eigenvalue weighted by molar-refractivity contribution is 0.0888. The van der Waals surface area contributed by atoms with Crippen LogP contribution in [0.2, 0.25) is 0 Å². The first kappa shape index (κ1) is 11.8. The Hall–Kier alpha value is -1.63. The van der Waals surface area contributed by atoms with Crippen LogP contribution in [0.3, 0.4) is 0 Å². The molecular formula is C10H13N3O3S. The monoisotopic (exact) mass is 255 g/mol. The van der Waals surface area contributed by atoms with Crippen LogP contribution < -0.4 is 5.32 Å². The van der Waals surface area contributed by atoms with Crippen molar-refractivity contribution in [3.8, 4) is 0 Å². The van der Waals surface area contributed by atoms with Gasteiger partial charge in [-0.1, -0.05) is 0 Å². The summed E-state index contributed by atoms with van der Waals surface area (Å²) >= 11 is 1.27. The molecule has 1 aromatic rings. The number of rotatable bonds is 2. The zero-order chi connectivity index (χ0) is 12.3. The fraction of sp³-hybridized carbons (Fsp3) is 0.500. The third-order valence-corrected chi connectivity index (χ3v) is 3.43. The first-order valence-electron chi connectivity index (χ1n) is 5.35. The van der Waals surface area contributed by atoms with Gasteiger partial charge in [0.25, 0.3) is 5.91 Å². The zero-order valence-electron chi connectivity index (χ0n) is 9.13. The number of nitrogens with one attached hydrogen (secondary N) is 1. The number of carbonyl (C=O) groups excluding carboxylic acids is 1. The lowest BCUT2D eigenvalue weighted by atomic mass is 10.1. The van der Waals surface area contributed by atoms with E-state index in [0.29, 0.717) is 18.1 Å². The summed E-state index contributed by atoms with van der Waals surface area (Å²) in [5.41, 5.74) is 0. The standard InChI is InChI=1S/C10H13N3O3S/c14-8(9-11-3-5-17-9)12-7-2-1-4-13(6-7)10(15)16/h3,5,7H,1-2,4,6H2,(H,12,14)(H,15,16). The molecule has 2 N–H and O–H groups in total. The van der Waals surface area contributed by atoms with Crippen molar-refractivity contribution in [2.24, 2.45) is 0 Å². The maximum absolute atomic E-state index is 11.7. The van der Waals surface area contributed by atoms with Gasteiger partial charge in [0.15, 0.2) is 5.01 Å². The van der Waals surface area contributed by atoms with Gasteiger partial charge in [-0.05, 0) is 12.8 Å². The highest BCUT2D eigenvalue weighted by Crippen LogP contribution is 2.11. The van der Waals surface area contributed by atoms with Crippen LogP contribution in [0.1, 0.15) is 22.6 Å². The largest absolute Gasteiger partial charge is 0.465 e. The molecule has 1 unspecified atom stereocenters. The third kappa shape index (κ3) is 2.94. The van der Waals surface area contributed by atoms with Crippen molar-refractivity contribution in [3.05, 3.63) is 16.6 Å². The molecule has 1 fully saturated rings. The molecule has 0 saturated carbocycles. The van der Waals surface area contributed by atoms with Crippen molar-refractivity contribution in [1.82, 2.24) is 15.2 Å². The highest BCUT2D eigenvalue weighted by Gasteiger charge is 2.25. The molecule has 1 aromatic heterocycles. The first-order chi connectivity index (χ1) is 8.16. The molecule has 1 aliphatic heterocycles. The molecule has 0 aromatic carbocycles. The molecule has 1 saturated heterocycles. The molecule has 17 heavy (non-hydrogen) atoms. The summed E-state index contributed by atoms with van der Waals surface area (Å²) in [6, 6.07) is -0.115. The Kier molecular flexibility index (Phi) is 3.58. The summed E-state index contributed by atoms with van der Waals surface area (Å²) in [7, 11) is 0. The van der Waals surface area contributed by atoms with Gasteiger partial charge in [-0.2, -0.15) is 0 Å². The van der Waals surface area contributed by atoms with E-state index >= 15 is 0 Å². The Balaban J connectivity index is 1.91. The highest BCUT2D eigenvalue weighted by molar-refractivity contribution is 7.11. The predicted molar refractivity (Wildman–Crippen MR) is 62.2 cm³/mol. The molecule has 0 aliphatic carbocycles. The summed E-state index contributed by atoms with van der Waals surface area (Å²) < 4.78 is 0. The van der Waals surface area contributed by atoms with Crippen molar-refractivity contribution in [1.29, 1.82) is 0 Å². The van der Waals surface area contributed by atoms with Crippen LogP contribution in [0.5, 0.6) is 0 Å². The van der Waals surface area contributed by atoms with E-state index in [4.69, 9.17) is 5.11 Å². The Morgan fingerprint density at radius 3 is 3.06 bits per heavy atom. The zero-order valence-corrected chi connectivity index (χ0v) is 9.94. The molecule has 6 nitrogen and oxygen atoms in total. The molecule has 2 rings (SSSR count). The van der Waals surface area contributed by atoms with E-state index in [1.165, 1.54) is 16.2 Å². The number of piperidine rings is 1. The summed E-state index contributed by atoms with van der Waals surface area (Å²) in [6.45, 7) is 0.894. The van der Waals surface area contributed by atoms with Crippen LogP contribution in [0, 0.1) is 0 Å². The Morgan fingerprint density at radius 1 is 1.59 bits per heavy atom. The number of amides is 2. The molecule has 92 valence electrons. The van der Waals surface area contributed by atoms with Gasteiger partial charge in [0.2, 0.25) is 0 Å². The Morgan fingerprint density at radius 2 is 2.41 bits per heavy atom. The normalized spacial score (nSPS) is 20.0. The van der Waals surface area contributed by atoms with E-state index in [1.807, 2.05) is 0 Å². The minimum Gasteiger partial charge on any atom is -0.465 e. The fourth-order valence-electron chi connectivity index (χ4n) is 1.85. The average molecular weight is 255 g/mol. The maximum Gasteiger partial charge on any atom is 0.407 e. The van der Waals surface area contributed by atoms with Crippen LogP contribution in [0.4, 0.5) is 4.79 Å². The molecule has 0 bridgehead atoms. The minimum atomic E-state index is -0.932. The Bertz CT molecular complexity index is 407. The van der Waals surface area contributed by atoms with Gasteiger partial charge in [0.05, 0.1) is 0 Å². The van der Waals surface area contributed by atoms with Crippen LogP contribution in [-0.4, -0.2) is 46.1 Å². The van der Waals surface area contributed by atoms with Crippen molar-refractivity contribution >= 4 is 23.3 Å². The number of carboxylic acid groups (broad SMARTS) is 1. The van der Waals surface area contributed by atoms with E-state index in [2.05, 4.69) is 10.3 Å².